The van der Waals surface area contributed by atoms with Crippen molar-refractivity contribution >= 4 is 11.6 Å². The standard InChI is InChI=1S/C11H15ClFNO2/c1-11(16,7-15)6-14-5-8-2-3-9(13)4-10(8)12/h2-4,14-16H,5-7H2,1H3. The Labute approximate surface area is 98.9 Å². The maximum Gasteiger partial charge on any atom is 0.124 e. The van der Waals surface area contributed by atoms with Gasteiger partial charge in [0.2, 0.25) is 0 Å². The van der Waals surface area contributed by atoms with Crippen molar-refractivity contribution in [1.29, 1.82) is 0 Å². The second-order valence-electron chi connectivity index (χ2n) is 3.99. The third-order valence-corrected chi connectivity index (χ3v) is 2.53. The average Bonchev–Trinajstić information content (AvgIpc) is 2.21. The number of nitrogens with one attached hydrogen (secondary N) is 1. The van der Waals surface area contributed by atoms with Crippen LogP contribution < -0.4 is 5.32 Å². The first-order valence-corrected chi connectivity index (χ1v) is 5.30. The molecule has 0 radical (unpaired) electrons. The molecule has 90 valence electrons. The Kier molecular flexibility index (Phi) is 4.68. The molecule has 0 fully saturated rings. The van der Waals surface area contributed by atoms with E-state index in [0.717, 1.165) is 5.56 Å². The lowest BCUT2D eigenvalue weighted by atomic mass is 10.1. The molecule has 0 bridgehead atoms. The molecular formula is C11H15ClFNO2. The van der Waals surface area contributed by atoms with Crippen molar-refractivity contribution in [2.45, 2.75) is 19.1 Å². The highest BCUT2D eigenvalue weighted by molar-refractivity contribution is 6.31. The fourth-order valence-electron chi connectivity index (χ4n) is 1.19. The second-order valence-corrected chi connectivity index (χ2v) is 4.40. The van der Waals surface area contributed by atoms with Gasteiger partial charge in [0.15, 0.2) is 0 Å². The van der Waals surface area contributed by atoms with Crippen molar-refractivity contribution < 1.29 is 14.6 Å². The summed E-state index contributed by atoms with van der Waals surface area (Å²) in [5.74, 6) is -0.379. The van der Waals surface area contributed by atoms with Crippen LogP contribution in [-0.4, -0.2) is 29.0 Å². The van der Waals surface area contributed by atoms with Gasteiger partial charge in [-0.2, -0.15) is 0 Å². The minimum Gasteiger partial charge on any atom is -0.393 e. The molecule has 0 heterocycles. The van der Waals surface area contributed by atoms with Crippen LogP contribution in [0, 0.1) is 5.82 Å². The van der Waals surface area contributed by atoms with Gasteiger partial charge in [0.25, 0.3) is 0 Å². The minimum atomic E-state index is -1.16. The molecular weight excluding hydrogens is 233 g/mol. The zero-order valence-electron chi connectivity index (χ0n) is 9.00. The number of hydrogen-bond donors (Lipinski definition) is 3. The molecule has 16 heavy (non-hydrogen) atoms. The number of aliphatic hydroxyl groups excluding tert-OH is 1. The third-order valence-electron chi connectivity index (χ3n) is 2.18. The molecule has 0 aromatic heterocycles. The van der Waals surface area contributed by atoms with E-state index in [2.05, 4.69) is 5.32 Å². The van der Waals surface area contributed by atoms with Crippen LogP contribution in [0.25, 0.3) is 0 Å². The first-order chi connectivity index (χ1) is 7.44. The average molecular weight is 248 g/mol. The summed E-state index contributed by atoms with van der Waals surface area (Å²) in [6, 6.07) is 4.15. The zero-order valence-corrected chi connectivity index (χ0v) is 9.76. The van der Waals surface area contributed by atoms with Crippen LogP contribution in [0.15, 0.2) is 18.2 Å². The molecule has 0 aliphatic heterocycles. The Morgan fingerprint density at radius 1 is 1.50 bits per heavy atom. The predicted molar refractivity (Wildman–Crippen MR) is 60.8 cm³/mol. The molecule has 5 heteroatoms. The van der Waals surface area contributed by atoms with E-state index >= 15 is 0 Å². The van der Waals surface area contributed by atoms with Gasteiger partial charge in [-0.15, -0.1) is 0 Å². The Hall–Kier alpha value is -0.680. The summed E-state index contributed by atoms with van der Waals surface area (Å²) in [6.45, 7) is 1.84. The van der Waals surface area contributed by atoms with E-state index < -0.39 is 5.60 Å². The van der Waals surface area contributed by atoms with Crippen LogP contribution in [-0.2, 0) is 6.54 Å². The van der Waals surface area contributed by atoms with Gasteiger partial charge in [0.1, 0.15) is 5.82 Å². The van der Waals surface area contributed by atoms with E-state index in [1.165, 1.54) is 19.1 Å². The summed E-state index contributed by atoms with van der Waals surface area (Å²) in [5, 5.41) is 21.6. The summed E-state index contributed by atoms with van der Waals surface area (Å²) >= 11 is 5.82. The molecule has 3 nitrogen and oxygen atoms in total. The molecule has 0 amide bonds. The topological polar surface area (TPSA) is 52.5 Å². The highest BCUT2D eigenvalue weighted by Gasteiger charge is 2.17. The van der Waals surface area contributed by atoms with Crippen molar-refractivity contribution in [1.82, 2.24) is 5.32 Å². The first kappa shape index (κ1) is 13.4. The van der Waals surface area contributed by atoms with E-state index in [9.17, 15) is 9.50 Å². The highest BCUT2D eigenvalue weighted by Crippen LogP contribution is 2.16. The molecule has 3 N–H and O–H groups in total. The van der Waals surface area contributed by atoms with Gasteiger partial charge in [-0.25, -0.2) is 4.39 Å². The molecule has 1 aromatic carbocycles. The van der Waals surface area contributed by atoms with Crippen LogP contribution in [0.2, 0.25) is 5.02 Å². The summed E-state index contributed by atoms with van der Waals surface area (Å²) in [7, 11) is 0. The maximum absolute atomic E-state index is 12.7. The lowest BCUT2D eigenvalue weighted by Gasteiger charge is -2.20. The van der Waals surface area contributed by atoms with E-state index in [1.54, 1.807) is 6.07 Å². The van der Waals surface area contributed by atoms with Crippen LogP contribution >= 0.6 is 11.6 Å². The SMILES string of the molecule is CC(O)(CO)CNCc1ccc(F)cc1Cl. The number of halogens is 2. The van der Waals surface area contributed by atoms with Crippen LogP contribution in [0.3, 0.4) is 0 Å². The number of aliphatic hydroxyl groups is 2. The zero-order chi connectivity index (χ0) is 12.2. The van der Waals surface area contributed by atoms with Crippen molar-refractivity contribution in [3.63, 3.8) is 0 Å². The van der Waals surface area contributed by atoms with Crippen LogP contribution in [0.4, 0.5) is 4.39 Å². The third kappa shape index (κ3) is 4.06. The molecule has 1 aromatic rings. The van der Waals surface area contributed by atoms with E-state index in [1.807, 2.05) is 0 Å². The van der Waals surface area contributed by atoms with Gasteiger partial charge in [0, 0.05) is 18.1 Å². The molecule has 0 saturated heterocycles. The van der Waals surface area contributed by atoms with E-state index in [4.69, 9.17) is 16.7 Å². The van der Waals surface area contributed by atoms with E-state index in [0.29, 0.717) is 11.6 Å². The van der Waals surface area contributed by atoms with Gasteiger partial charge >= 0.3 is 0 Å². The quantitative estimate of drug-likeness (QED) is 0.736. The summed E-state index contributed by atoms with van der Waals surface area (Å²) in [5.41, 5.74) is -0.413. The van der Waals surface area contributed by atoms with Gasteiger partial charge in [-0.1, -0.05) is 17.7 Å². The second kappa shape index (κ2) is 5.59. The minimum absolute atomic E-state index is 0.233. The van der Waals surface area contributed by atoms with Crippen molar-refractivity contribution in [2.24, 2.45) is 0 Å². The number of hydrogen-bond acceptors (Lipinski definition) is 3. The Balaban J connectivity index is 2.49. The van der Waals surface area contributed by atoms with Gasteiger partial charge in [0.05, 0.1) is 12.2 Å². The van der Waals surface area contributed by atoms with Crippen molar-refractivity contribution in [3.05, 3.63) is 34.6 Å². The monoisotopic (exact) mass is 247 g/mol. The normalized spacial score (nSPS) is 14.8. The van der Waals surface area contributed by atoms with E-state index in [-0.39, 0.29) is 19.0 Å². The van der Waals surface area contributed by atoms with Crippen molar-refractivity contribution in [2.75, 3.05) is 13.2 Å². The number of rotatable bonds is 5. The Morgan fingerprint density at radius 3 is 2.75 bits per heavy atom. The van der Waals surface area contributed by atoms with Gasteiger partial charge in [-0.3, -0.25) is 0 Å². The smallest absolute Gasteiger partial charge is 0.124 e. The van der Waals surface area contributed by atoms with Gasteiger partial charge in [-0.05, 0) is 24.6 Å². The van der Waals surface area contributed by atoms with Crippen LogP contribution in [0.1, 0.15) is 12.5 Å². The molecule has 1 atom stereocenters. The first-order valence-electron chi connectivity index (χ1n) is 4.92. The summed E-state index contributed by atoms with van der Waals surface area (Å²) < 4.78 is 12.7. The molecule has 0 aliphatic carbocycles. The highest BCUT2D eigenvalue weighted by atomic mass is 35.5. The molecule has 0 spiro atoms. The fraction of sp³-hybridized carbons (Fsp3) is 0.455. The molecule has 1 unspecified atom stereocenters. The maximum atomic E-state index is 12.7. The lowest BCUT2D eigenvalue weighted by molar-refractivity contribution is 0.00254. The Bertz CT molecular complexity index is 358. The van der Waals surface area contributed by atoms with Crippen LogP contribution in [0.5, 0.6) is 0 Å². The predicted octanol–water partition coefficient (Wildman–Crippen LogP) is 1.31. The van der Waals surface area contributed by atoms with Crippen molar-refractivity contribution in [3.8, 4) is 0 Å². The Morgan fingerprint density at radius 2 is 2.19 bits per heavy atom. The molecule has 1 rings (SSSR count). The lowest BCUT2D eigenvalue weighted by Crippen LogP contribution is -2.40. The van der Waals surface area contributed by atoms with Gasteiger partial charge < -0.3 is 15.5 Å². The largest absolute Gasteiger partial charge is 0.393 e. The molecule has 0 saturated carbocycles. The molecule has 0 aliphatic rings. The fourth-order valence-corrected chi connectivity index (χ4v) is 1.42. The summed E-state index contributed by atoms with van der Waals surface area (Å²) in [4.78, 5) is 0. The number of benzene rings is 1. The summed E-state index contributed by atoms with van der Waals surface area (Å²) in [6.07, 6.45) is 0.